The van der Waals surface area contributed by atoms with E-state index in [1.807, 2.05) is 0 Å². The first-order valence-electron chi connectivity index (χ1n) is 18.5. The molecule has 0 spiro atoms. The number of unbranched alkanes of at least 4 members (excludes halogenated alkanes) is 18. The van der Waals surface area contributed by atoms with Crippen molar-refractivity contribution in [3.05, 3.63) is 48.6 Å². The Morgan fingerprint density at radius 2 is 0.791 bits per heavy atom. The van der Waals surface area contributed by atoms with E-state index < -0.39 is 5.97 Å². The van der Waals surface area contributed by atoms with Crippen molar-refractivity contribution in [3.63, 3.8) is 0 Å². The summed E-state index contributed by atoms with van der Waals surface area (Å²) in [6, 6.07) is 0. The van der Waals surface area contributed by atoms with Gasteiger partial charge in [0.05, 0.1) is 0 Å². The maximum Gasteiger partial charge on any atom is 0.310 e. The zero-order chi connectivity index (χ0) is 31.5. The zero-order valence-corrected chi connectivity index (χ0v) is 28.6. The van der Waals surface area contributed by atoms with Crippen LogP contribution in [0, 0.1) is 5.92 Å². The van der Waals surface area contributed by atoms with E-state index in [0.717, 1.165) is 51.4 Å². The van der Waals surface area contributed by atoms with Crippen LogP contribution in [0.5, 0.6) is 0 Å². The van der Waals surface area contributed by atoms with E-state index >= 15 is 0 Å². The number of aliphatic carboxylic acids is 1. The minimum absolute atomic E-state index is 0.0577. The second kappa shape index (κ2) is 34.6. The van der Waals surface area contributed by atoms with Crippen LogP contribution in [-0.4, -0.2) is 16.9 Å². The molecule has 0 aliphatic heterocycles. The molecule has 248 valence electrons. The monoisotopic (exact) mass is 599 g/mol. The van der Waals surface area contributed by atoms with Gasteiger partial charge in [0.2, 0.25) is 0 Å². The molecular formula is C40H70O3. The first-order chi connectivity index (χ1) is 21.1. The first-order valence-corrected chi connectivity index (χ1v) is 18.5. The van der Waals surface area contributed by atoms with E-state index in [2.05, 4.69) is 62.5 Å². The van der Waals surface area contributed by atoms with Crippen LogP contribution in [0.15, 0.2) is 48.6 Å². The van der Waals surface area contributed by atoms with E-state index in [9.17, 15) is 9.59 Å². The third-order valence-electron chi connectivity index (χ3n) is 8.29. The van der Waals surface area contributed by atoms with Crippen LogP contribution in [0.25, 0.3) is 0 Å². The molecule has 43 heavy (non-hydrogen) atoms. The third kappa shape index (κ3) is 32.8. The fourth-order valence-electron chi connectivity index (χ4n) is 5.52. The van der Waals surface area contributed by atoms with Crippen molar-refractivity contribution in [2.24, 2.45) is 5.92 Å². The number of Topliss-reactive ketones (excluding diaryl/α,β-unsaturated/α-hetero) is 1. The van der Waals surface area contributed by atoms with Gasteiger partial charge in [0.15, 0.2) is 0 Å². The van der Waals surface area contributed by atoms with Gasteiger partial charge in [-0.1, -0.05) is 152 Å². The summed E-state index contributed by atoms with van der Waals surface area (Å²) in [6.07, 6.45) is 49.0. The molecular weight excluding hydrogens is 528 g/mol. The van der Waals surface area contributed by atoms with Gasteiger partial charge >= 0.3 is 5.97 Å². The number of hydrogen-bond acceptors (Lipinski definition) is 2. The highest BCUT2D eigenvalue weighted by atomic mass is 16.4. The van der Waals surface area contributed by atoms with Crippen molar-refractivity contribution in [1.82, 2.24) is 0 Å². The van der Waals surface area contributed by atoms with Gasteiger partial charge in [0.25, 0.3) is 0 Å². The number of hydrogen-bond donors (Lipinski definition) is 1. The number of ketones is 1. The van der Waals surface area contributed by atoms with Crippen LogP contribution >= 0.6 is 0 Å². The molecule has 0 unspecified atom stereocenters. The van der Waals surface area contributed by atoms with E-state index in [-0.39, 0.29) is 18.1 Å². The van der Waals surface area contributed by atoms with Crippen molar-refractivity contribution in [1.29, 1.82) is 0 Å². The highest BCUT2D eigenvalue weighted by Crippen LogP contribution is 2.22. The predicted octanol–water partition coefficient (Wildman–Crippen LogP) is 13.1. The van der Waals surface area contributed by atoms with Gasteiger partial charge in [0.1, 0.15) is 12.2 Å². The van der Waals surface area contributed by atoms with Crippen LogP contribution in [0.1, 0.15) is 187 Å². The van der Waals surface area contributed by atoms with Crippen molar-refractivity contribution < 1.29 is 14.7 Å². The molecule has 3 heteroatoms. The Kier molecular flexibility index (Phi) is 33.1. The van der Waals surface area contributed by atoms with Gasteiger partial charge in [-0.05, 0) is 77.0 Å². The maximum absolute atomic E-state index is 12.5. The topological polar surface area (TPSA) is 54.4 Å². The second-order valence-electron chi connectivity index (χ2n) is 12.5. The standard InChI is InChI=1S/C40H70O3/c1-3-5-7-9-11-13-15-17-19-21-23-25-27-29-31-33-35-38(39(41)37-40(42)43)36-34-32-30-28-26-24-22-20-18-16-14-12-10-8-6-4-2/h11-14,17-20,38H,3-10,15-16,21-37H2,1-2H3,(H,42,43). The molecule has 0 amide bonds. The molecule has 0 fully saturated rings. The SMILES string of the molecule is CCCCCC=CCC=CCCCCCCCCC(CCCCCCCCC=CCC=CCCCCC)C(=O)CC(=O)O. The summed E-state index contributed by atoms with van der Waals surface area (Å²) in [5, 5.41) is 9.12. The van der Waals surface area contributed by atoms with Crippen LogP contribution < -0.4 is 0 Å². The van der Waals surface area contributed by atoms with Gasteiger partial charge in [-0.25, -0.2) is 0 Å². The van der Waals surface area contributed by atoms with E-state index in [1.165, 1.54) is 116 Å². The summed E-state index contributed by atoms with van der Waals surface area (Å²) in [4.78, 5) is 23.7. The second-order valence-corrected chi connectivity index (χ2v) is 12.5. The van der Waals surface area contributed by atoms with Gasteiger partial charge in [-0.15, -0.1) is 0 Å². The molecule has 0 saturated heterocycles. The summed E-state index contributed by atoms with van der Waals surface area (Å²) >= 11 is 0. The molecule has 0 bridgehead atoms. The molecule has 0 rings (SSSR count). The quantitative estimate of drug-likeness (QED) is 0.0464. The summed E-state index contributed by atoms with van der Waals surface area (Å²) in [6.45, 7) is 4.49. The lowest BCUT2D eigenvalue weighted by atomic mass is 9.89. The predicted molar refractivity (Wildman–Crippen MR) is 189 cm³/mol. The minimum Gasteiger partial charge on any atom is -0.481 e. The Labute approximate surface area is 267 Å². The fourth-order valence-corrected chi connectivity index (χ4v) is 5.52. The van der Waals surface area contributed by atoms with E-state index in [4.69, 9.17) is 5.11 Å². The number of carboxylic acids is 1. The Morgan fingerprint density at radius 1 is 0.465 bits per heavy atom. The summed E-state index contributed by atoms with van der Waals surface area (Å²) in [7, 11) is 0. The van der Waals surface area contributed by atoms with Gasteiger partial charge in [-0.2, -0.15) is 0 Å². The summed E-state index contributed by atoms with van der Waals surface area (Å²) < 4.78 is 0. The lowest BCUT2D eigenvalue weighted by Gasteiger charge is -2.15. The average Bonchev–Trinajstić information content (AvgIpc) is 2.99. The number of carbonyl (C=O) groups is 2. The highest BCUT2D eigenvalue weighted by molar-refractivity contribution is 5.95. The molecule has 0 atom stereocenters. The van der Waals surface area contributed by atoms with Crippen molar-refractivity contribution >= 4 is 11.8 Å². The largest absolute Gasteiger partial charge is 0.481 e. The Balaban J connectivity index is 3.85. The van der Waals surface area contributed by atoms with Crippen molar-refractivity contribution in [3.8, 4) is 0 Å². The van der Waals surface area contributed by atoms with Crippen LogP contribution in [0.3, 0.4) is 0 Å². The van der Waals surface area contributed by atoms with E-state index in [0.29, 0.717) is 0 Å². The highest BCUT2D eigenvalue weighted by Gasteiger charge is 2.20. The van der Waals surface area contributed by atoms with Gasteiger partial charge < -0.3 is 5.11 Å². The molecule has 0 saturated carbocycles. The van der Waals surface area contributed by atoms with Crippen LogP contribution in [0.4, 0.5) is 0 Å². The number of carbonyl (C=O) groups excluding carboxylic acids is 1. The molecule has 0 aliphatic rings. The lowest BCUT2D eigenvalue weighted by Crippen LogP contribution is -2.18. The molecule has 0 aliphatic carbocycles. The smallest absolute Gasteiger partial charge is 0.310 e. The molecule has 0 aromatic carbocycles. The summed E-state index contributed by atoms with van der Waals surface area (Å²) in [5.41, 5.74) is 0. The normalized spacial score (nSPS) is 12.9. The minimum atomic E-state index is -0.982. The first kappa shape index (κ1) is 41.1. The van der Waals surface area contributed by atoms with E-state index in [1.54, 1.807) is 0 Å². The van der Waals surface area contributed by atoms with Crippen LogP contribution in [0.2, 0.25) is 0 Å². The Bertz CT molecular complexity index is 682. The number of carboxylic acid groups (broad SMARTS) is 1. The Hall–Kier alpha value is -1.90. The van der Waals surface area contributed by atoms with Crippen molar-refractivity contribution in [2.75, 3.05) is 0 Å². The molecule has 1 N–H and O–H groups in total. The van der Waals surface area contributed by atoms with Crippen LogP contribution in [-0.2, 0) is 9.59 Å². The molecule has 0 aromatic rings. The molecule has 0 radical (unpaired) electrons. The molecule has 0 heterocycles. The van der Waals surface area contributed by atoms with Gasteiger partial charge in [-0.3, -0.25) is 9.59 Å². The third-order valence-corrected chi connectivity index (χ3v) is 8.29. The average molecular weight is 599 g/mol. The van der Waals surface area contributed by atoms with Crippen molar-refractivity contribution in [2.45, 2.75) is 187 Å². The van der Waals surface area contributed by atoms with Gasteiger partial charge in [0, 0.05) is 5.92 Å². The summed E-state index contributed by atoms with van der Waals surface area (Å²) in [5.74, 6) is -1.10. The number of allylic oxidation sites excluding steroid dienone is 8. The maximum atomic E-state index is 12.5. The number of rotatable bonds is 33. The lowest BCUT2D eigenvalue weighted by molar-refractivity contribution is -0.141. The molecule has 0 aromatic heterocycles. The zero-order valence-electron chi connectivity index (χ0n) is 28.6. The fraction of sp³-hybridized carbons (Fsp3) is 0.750. The Morgan fingerprint density at radius 3 is 1.14 bits per heavy atom. The molecule has 3 nitrogen and oxygen atoms in total.